The Balaban J connectivity index is 1.57. The Morgan fingerprint density at radius 2 is 2.22 bits per heavy atom. The third-order valence-corrected chi connectivity index (χ3v) is 5.88. The number of carbonyl (C=O) groups excluding carboxylic acids is 2. The number of piperidine rings is 1. The molecule has 2 atom stereocenters. The Labute approximate surface area is 159 Å². The summed E-state index contributed by atoms with van der Waals surface area (Å²) < 4.78 is 0. The van der Waals surface area contributed by atoms with Crippen molar-refractivity contribution in [3.05, 3.63) is 34.8 Å². The average molecular weight is 384 g/mol. The summed E-state index contributed by atoms with van der Waals surface area (Å²) in [6.45, 7) is 2.66. The molecule has 1 aliphatic heterocycles. The van der Waals surface area contributed by atoms with Crippen molar-refractivity contribution in [2.75, 3.05) is 17.6 Å². The van der Waals surface area contributed by atoms with Gasteiger partial charge in [0.2, 0.25) is 0 Å². The smallest absolute Gasteiger partial charge is 0.314 e. The Bertz CT molecular complexity index is 983. The van der Waals surface area contributed by atoms with Gasteiger partial charge in [-0.1, -0.05) is 13.0 Å². The van der Waals surface area contributed by atoms with Crippen LogP contribution in [0.5, 0.6) is 0 Å². The number of pyridine rings is 1. The number of rotatable bonds is 2. The van der Waals surface area contributed by atoms with Crippen molar-refractivity contribution in [3.8, 4) is 0 Å². The van der Waals surface area contributed by atoms with Crippen LogP contribution in [0.25, 0.3) is 10.9 Å². The molecule has 0 aliphatic carbocycles. The summed E-state index contributed by atoms with van der Waals surface area (Å²) in [5, 5.41) is 12.0. The van der Waals surface area contributed by atoms with Gasteiger partial charge in [0.1, 0.15) is 5.82 Å². The van der Waals surface area contributed by atoms with Gasteiger partial charge in [0.25, 0.3) is 0 Å². The molecule has 27 heavy (non-hydrogen) atoms. The zero-order valence-corrected chi connectivity index (χ0v) is 15.6. The molecule has 1 saturated heterocycles. The predicted molar refractivity (Wildman–Crippen MR) is 104 cm³/mol. The van der Waals surface area contributed by atoms with Gasteiger partial charge in [-0.15, -0.1) is 11.3 Å². The summed E-state index contributed by atoms with van der Waals surface area (Å²) >= 11 is 1.61. The molecule has 0 aromatic carbocycles. The van der Waals surface area contributed by atoms with Crippen LogP contribution in [0, 0.1) is 5.92 Å². The minimum Gasteiger partial charge on any atom is -0.383 e. The Hall–Kier alpha value is -2.94. The van der Waals surface area contributed by atoms with Crippen molar-refractivity contribution in [1.82, 2.24) is 20.1 Å². The highest BCUT2D eigenvalue weighted by Gasteiger charge is 2.34. The second-order valence-electron chi connectivity index (χ2n) is 6.84. The summed E-state index contributed by atoms with van der Waals surface area (Å²) in [4.78, 5) is 32.5. The van der Waals surface area contributed by atoms with Crippen LogP contribution in [-0.4, -0.2) is 38.4 Å². The van der Waals surface area contributed by atoms with E-state index in [0.717, 1.165) is 17.7 Å². The second kappa shape index (κ2) is 6.99. The molecule has 8 nitrogen and oxygen atoms in total. The molecule has 1 aliphatic rings. The minimum atomic E-state index is -0.687. The number of nitrogens with two attached hydrogens (primary N) is 1. The van der Waals surface area contributed by atoms with Crippen LogP contribution in [-0.2, 0) is 9.59 Å². The number of aromatic amines is 1. The monoisotopic (exact) mass is 384 g/mol. The number of hydrogen-bond donors (Lipinski definition) is 3. The van der Waals surface area contributed by atoms with Crippen molar-refractivity contribution in [2.45, 2.75) is 25.8 Å². The topological polar surface area (TPSA) is 117 Å². The van der Waals surface area contributed by atoms with E-state index < -0.39 is 11.8 Å². The lowest BCUT2D eigenvalue weighted by molar-refractivity contribution is -0.146. The molecule has 3 aromatic rings. The number of hydrogen-bond acceptors (Lipinski definition) is 6. The fourth-order valence-electron chi connectivity index (χ4n) is 3.51. The molecule has 4 heterocycles. The number of aromatic nitrogens is 3. The van der Waals surface area contributed by atoms with E-state index in [9.17, 15) is 9.59 Å². The maximum absolute atomic E-state index is 12.9. The summed E-state index contributed by atoms with van der Waals surface area (Å²) in [5.74, 6) is -0.557. The maximum Gasteiger partial charge on any atom is 0.314 e. The molecule has 4 rings (SSSR count). The van der Waals surface area contributed by atoms with E-state index in [-0.39, 0.29) is 6.04 Å². The molecule has 3 aromatic heterocycles. The lowest BCUT2D eigenvalue weighted by atomic mass is 9.93. The van der Waals surface area contributed by atoms with E-state index in [2.05, 4.69) is 27.4 Å². The molecule has 1 fully saturated rings. The lowest BCUT2D eigenvalue weighted by Crippen LogP contribution is -2.46. The Morgan fingerprint density at radius 1 is 1.37 bits per heavy atom. The fraction of sp³-hybridized carbons (Fsp3) is 0.333. The van der Waals surface area contributed by atoms with Crippen LogP contribution < -0.4 is 11.1 Å². The first-order chi connectivity index (χ1) is 13.0. The number of fused-ring (bicyclic) bond motifs is 1. The second-order valence-corrected chi connectivity index (χ2v) is 7.82. The molecular formula is C18H20N6O2S. The number of nitrogen functional groups attached to an aromatic ring is 1. The minimum absolute atomic E-state index is 0.0591. The Kier molecular flexibility index (Phi) is 4.53. The third-order valence-electron chi connectivity index (χ3n) is 4.91. The molecule has 2 amide bonds. The molecule has 140 valence electrons. The normalized spacial score (nSPS) is 20.0. The van der Waals surface area contributed by atoms with Gasteiger partial charge in [-0.2, -0.15) is 5.10 Å². The molecule has 0 bridgehead atoms. The first-order valence-electron chi connectivity index (χ1n) is 8.77. The number of thiophene rings is 1. The van der Waals surface area contributed by atoms with Gasteiger partial charge in [-0.3, -0.25) is 14.7 Å². The third kappa shape index (κ3) is 3.25. The predicted octanol–water partition coefficient (Wildman–Crippen LogP) is 2.54. The van der Waals surface area contributed by atoms with Gasteiger partial charge in [0, 0.05) is 11.4 Å². The maximum atomic E-state index is 12.9. The highest BCUT2D eigenvalue weighted by molar-refractivity contribution is 7.10. The van der Waals surface area contributed by atoms with Crippen LogP contribution in [0.2, 0.25) is 0 Å². The quantitative estimate of drug-likeness (QED) is 0.587. The van der Waals surface area contributed by atoms with Gasteiger partial charge in [-0.25, -0.2) is 4.98 Å². The number of nitrogens with one attached hydrogen (secondary N) is 2. The van der Waals surface area contributed by atoms with Crippen molar-refractivity contribution in [2.24, 2.45) is 5.92 Å². The summed E-state index contributed by atoms with van der Waals surface area (Å²) in [7, 11) is 0. The van der Waals surface area contributed by atoms with Crippen molar-refractivity contribution < 1.29 is 9.59 Å². The van der Waals surface area contributed by atoms with E-state index in [0.29, 0.717) is 34.9 Å². The van der Waals surface area contributed by atoms with Crippen LogP contribution in [0.4, 0.5) is 11.5 Å². The molecule has 9 heteroatoms. The van der Waals surface area contributed by atoms with Crippen molar-refractivity contribution in [1.29, 1.82) is 0 Å². The van der Waals surface area contributed by atoms with Crippen LogP contribution in [0.15, 0.2) is 29.9 Å². The van der Waals surface area contributed by atoms with E-state index in [1.165, 1.54) is 12.4 Å². The summed E-state index contributed by atoms with van der Waals surface area (Å²) in [6.07, 6.45) is 4.85. The fourth-order valence-corrected chi connectivity index (χ4v) is 4.38. The average Bonchev–Trinajstić information content (AvgIpc) is 3.35. The number of amides is 2. The Morgan fingerprint density at radius 3 is 3.00 bits per heavy atom. The van der Waals surface area contributed by atoms with Gasteiger partial charge < -0.3 is 16.0 Å². The van der Waals surface area contributed by atoms with E-state index in [1.54, 1.807) is 16.2 Å². The highest BCUT2D eigenvalue weighted by Crippen LogP contribution is 2.35. The molecule has 0 saturated carbocycles. The summed E-state index contributed by atoms with van der Waals surface area (Å²) in [5.41, 5.74) is 6.74. The zero-order chi connectivity index (χ0) is 19.0. The number of nitrogens with zero attached hydrogens (tertiary/aromatic N) is 3. The van der Waals surface area contributed by atoms with Gasteiger partial charge >= 0.3 is 11.8 Å². The standard InChI is InChI=1S/C18H20N6O2S/c1-10-4-5-13(14-3-2-6-27-14)24(9-10)18(26)17(25)22-12-8-20-16(19)11-7-21-23-15(11)12/h2-3,6-8,10,13H,4-5,9H2,1H3,(H2,19,20)(H,21,23)(H,22,25)/t10-,13+/m0/s1. The summed E-state index contributed by atoms with van der Waals surface area (Å²) in [6, 6.07) is 3.92. The van der Waals surface area contributed by atoms with Crippen molar-refractivity contribution in [3.63, 3.8) is 0 Å². The number of anilines is 2. The van der Waals surface area contributed by atoms with Crippen LogP contribution in [0.1, 0.15) is 30.7 Å². The zero-order valence-electron chi connectivity index (χ0n) is 14.8. The van der Waals surface area contributed by atoms with Crippen LogP contribution in [0.3, 0.4) is 0 Å². The van der Waals surface area contributed by atoms with Gasteiger partial charge in [0.05, 0.1) is 35.0 Å². The first-order valence-corrected chi connectivity index (χ1v) is 9.65. The first kappa shape index (κ1) is 17.5. The largest absolute Gasteiger partial charge is 0.383 e. The van der Waals surface area contributed by atoms with Crippen molar-refractivity contribution >= 4 is 45.6 Å². The molecule has 0 unspecified atom stereocenters. The molecule has 4 N–H and O–H groups in total. The van der Waals surface area contributed by atoms with Crippen LogP contribution >= 0.6 is 11.3 Å². The number of H-pyrrole nitrogens is 1. The lowest BCUT2D eigenvalue weighted by Gasteiger charge is -2.37. The number of likely N-dealkylation sites (tertiary alicyclic amines) is 1. The van der Waals surface area contributed by atoms with E-state index in [4.69, 9.17) is 5.73 Å². The molecular weight excluding hydrogens is 364 g/mol. The van der Waals surface area contributed by atoms with Gasteiger partial charge in [0.15, 0.2) is 0 Å². The van der Waals surface area contributed by atoms with E-state index >= 15 is 0 Å². The SMILES string of the molecule is C[C@H]1CC[C@H](c2cccs2)N(C(=O)C(=O)Nc2cnc(N)c3cn[nH]c23)C1. The molecule has 0 spiro atoms. The van der Waals surface area contributed by atoms with E-state index in [1.807, 2.05) is 17.5 Å². The molecule has 0 radical (unpaired) electrons. The number of carbonyl (C=O) groups is 2. The highest BCUT2D eigenvalue weighted by atomic mass is 32.1. The van der Waals surface area contributed by atoms with Gasteiger partial charge in [-0.05, 0) is 30.2 Å².